The first-order chi connectivity index (χ1) is 12.4. The number of rotatable bonds is 11. The van der Waals surface area contributed by atoms with Crippen LogP contribution in [0.1, 0.15) is 39.0 Å². The van der Waals surface area contributed by atoms with E-state index in [1.54, 1.807) is 0 Å². The van der Waals surface area contributed by atoms with Gasteiger partial charge in [0.1, 0.15) is 9.84 Å². The quantitative estimate of drug-likeness (QED) is 0.301. The van der Waals surface area contributed by atoms with E-state index in [0.717, 1.165) is 45.3 Å². The predicted molar refractivity (Wildman–Crippen MR) is 104 cm³/mol. The monoisotopic (exact) mass is 390 g/mol. The summed E-state index contributed by atoms with van der Waals surface area (Å²) in [6.07, 6.45) is 5.96. The summed E-state index contributed by atoms with van der Waals surface area (Å²) in [5, 5.41) is 6.32. The molecule has 0 unspecified atom stereocenters. The van der Waals surface area contributed by atoms with E-state index in [0.29, 0.717) is 32.1 Å². The van der Waals surface area contributed by atoms with Crippen LogP contribution >= 0.6 is 0 Å². The van der Waals surface area contributed by atoms with Crippen LogP contribution in [0.3, 0.4) is 0 Å². The van der Waals surface area contributed by atoms with Crippen LogP contribution in [0.25, 0.3) is 0 Å². The number of carbonyl (C=O) groups excluding carboxylic acids is 1. The molecule has 1 aliphatic heterocycles. The highest BCUT2D eigenvalue weighted by Crippen LogP contribution is 2.11. The number of guanidine groups is 1. The number of ether oxygens (including phenoxy) is 1. The number of hydrogen-bond acceptors (Lipinski definition) is 5. The molecule has 1 heterocycles. The van der Waals surface area contributed by atoms with E-state index in [9.17, 15) is 13.2 Å². The molecule has 1 fully saturated rings. The van der Waals surface area contributed by atoms with Crippen LogP contribution in [0.15, 0.2) is 4.99 Å². The first kappa shape index (κ1) is 22.7. The highest BCUT2D eigenvalue weighted by molar-refractivity contribution is 7.90. The average molecular weight is 391 g/mol. The van der Waals surface area contributed by atoms with E-state index in [1.807, 2.05) is 11.8 Å². The van der Waals surface area contributed by atoms with E-state index in [1.165, 1.54) is 6.26 Å². The van der Waals surface area contributed by atoms with Gasteiger partial charge in [0.15, 0.2) is 5.96 Å². The first-order valence-corrected chi connectivity index (χ1v) is 11.5. The lowest BCUT2D eigenvalue weighted by Crippen LogP contribution is -2.39. The number of amides is 1. The molecule has 0 saturated carbocycles. The third-order valence-corrected chi connectivity index (χ3v) is 4.92. The Labute approximate surface area is 157 Å². The van der Waals surface area contributed by atoms with Crippen LogP contribution in [-0.4, -0.2) is 83.1 Å². The first-order valence-electron chi connectivity index (χ1n) is 9.48. The summed E-state index contributed by atoms with van der Waals surface area (Å²) in [6.45, 7) is 6.21. The van der Waals surface area contributed by atoms with Crippen molar-refractivity contribution in [1.82, 2.24) is 15.5 Å². The second kappa shape index (κ2) is 12.9. The summed E-state index contributed by atoms with van der Waals surface area (Å²) in [5.74, 6) is 1.01. The zero-order chi connectivity index (χ0) is 19.3. The molecule has 1 aliphatic rings. The van der Waals surface area contributed by atoms with Gasteiger partial charge >= 0.3 is 0 Å². The normalized spacial score (nSPS) is 16.5. The Balaban J connectivity index is 2.22. The molecule has 8 nitrogen and oxygen atoms in total. The molecule has 0 aromatic heterocycles. The van der Waals surface area contributed by atoms with E-state index in [-0.39, 0.29) is 18.3 Å². The summed E-state index contributed by atoms with van der Waals surface area (Å²) in [4.78, 5) is 18.4. The van der Waals surface area contributed by atoms with Crippen LogP contribution < -0.4 is 10.6 Å². The summed E-state index contributed by atoms with van der Waals surface area (Å²) < 4.78 is 27.3. The van der Waals surface area contributed by atoms with Gasteiger partial charge in [0, 0.05) is 45.4 Å². The lowest BCUT2D eigenvalue weighted by Gasteiger charge is -2.20. The Morgan fingerprint density at radius 2 is 2.04 bits per heavy atom. The number of nitrogens with one attached hydrogen (secondary N) is 2. The van der Waals surface area contributed by atoms with Gasteiger partial charge in [0.2, 0.25) is 5.91 Å². The van der Waals surface area contributed by atoms with Crippen molar-refractivity contribution in [3.63, 3.8) is 0 Å². The fraction of sp³-hybridized carbons (Fsp3) is 0.882. The van der Waals surface area contributed by atoms with Gasteiger partial charge in [0.05, 0.1) is 19.0 Å². The number of aliphatic imine (C=N–C) groups is 1. The van der Waals surface area contributed by atoms with E-state index < -0.39 is 9.84 Å². The summed E-state index contributed by atoms with van der Waals surface area (Å²) >= 11 is 0. The molecule has 0 bridgehead atoms. The Morgan fingerprint density at radius 1 is 1.23 bits per heavy atom. The number of carbonyl (C=O) groups is 1. The molecule has 0 atom stereocenters. The van der Waals surface area contributed by atoms with Gasteiger partial charge in [-0.3, -0.25) is 9.79 Å². The Bertz CT molecular complexity index is 537. The lowest BCUT2D eigenvalue weighted by atomic mass is 10.2. The second-order valence-electron chi connectivity index (χ2n) is 6.47. The molecular weight excluding hydrogens is 356 g/mol. The maximum absolute atomic E-state index is 11.9. The lowest BCUT2D eigenvalue weighted by molar-refractivity contribution is -0.130. The topological polar surface area (TPSA) is 100 Å². The van der Waals surface area contributed by atoms with Crippen molar-refractivity contribution in [3.05, 3.63) is 0 Å². The summed E-state index contributed by atoms with van der Waals surface area (Å²) in [5.41, 5.74) is 0. The van der Waals surface area contributed by atoms with Crippen LogP contribution in [0, 0.1) is 0 Å². The van der Waals surface area contributed by atoms with Crippen molar-refractivity contribution in [2.24, 2.45) is 4.99 Å². The third kappa shape index (κ3) is 11.3. The molecule has 0 radical (unpaired) electrons. The summed E-state index contributed by atoms with van der Waals surface area (Å²) in [6, 6.07) is 0. The molecule has 9 heteroatoms. The van der Waals surface area contributed by atoms with E-state index >= 15 is 0 Å². The van der Waals surface area contributed by atoms with Crippen molar-refractivity contribution < 1.29 is 17.9 Å². The van der Waals surface area contributed by atoms with Crippen molar-refractivity contribution in [1.29, 1.82) is 0 Å². The van der Waals surface area contributed by atoms with Gasteiger partial charge in [-0.25, -0.2) is 8.42 Å². The minimum atomic E-state index is -2.98. The molecule has 0 aliphatic carbocycles. The highest BCUT2D eigenvalue weighted by atomic mass is 32.2. The van der Waals surface area contributed by atoms with Crippen LogP contribution in [0.4, 0.5) is 0 Å². The minimum absolute atomic E-state index is 0.0381. The zero-order valence-corrected chi connectivity index (χ0v) is 16.9. The van der Waals surface area contributed by atoms with Crippen LogP contribution in [0.5, 0.6) is 0 Å². The Hall–Kier alpha value is -1.35. The number of sulfone groups is 1. The van der Waals surface area contributed by atoms with Gasteiger partial charge in [-0.15, -0.1) is 0 Å². The standard InChI is InChI=1S/C17H34N4O4S/c1-3-18-17(20-10-13-25-14-15-26(2,23)24)19-9-7-12-21-11-6-4-5-8-16(21)22/h3-15H2,1-2H3,(H2,18,19,20). The van der Waals surface area contributed by atoms with Crippen LogP contribution in [0.2, 0.25) is 0 Å². The molecule has 1 amide bonds. The number of hydrogen-bond donors (Lipinski definition) is 2. The minimum Gasteiger partial charge on any atom is -0.379 e. The maximum atomic E-state index is 11.9. The maximum Gasteiger partial charge on any atom is 0.222 e. The van der Waals surface area contributed by atoms with E-state index in [2.05, 4.69) is 15.6 Å². The SMILES string of the molecule is CCNC(=NCCCN1CCCCCC1=O)NCCOCCS(C)(=O)=O. The smallest absolute Gasteiger partial charge is 0.222 e. The van der Waals surface area contributed by atoms with Crippen molar-refractivity contribution in [2.45, 2.75) is 39.0 Å². The fourth-order valence-corrected chi connectivity index (χ4v) is 3.04. The molecule has 0 spiro atoms. The van der Waals surface area contributed by atoms with Crippen molar-refractivity contribution >= 4 is 21.7 Å². The van der Waals surface area contributed by atoms with Gasteiger partial charge in [-0.2, -0.15) is 0 Å². The molecular formula is C17H34N4O4S. The molecule has 152 valence electrons. The highest BCUT2D eigenvalue weighted by Gasteiger charge is 2.15. The molecule has 1 rings (SSSR count). The number of nitrogens with zero attached hydrogens (tertiary/aromatic N) is 2. The van der Waals surface area contributed by atoms with Gasteiger partial charge in [0.25, 0.3) is 0 Å². The van der Waals surface area contributed by atoms with Crippen molar-refractivity contribution in [2.75, 3.05) is 57.9 Å². The largest absolute Gasteiger partial charge is 0.379 e. The summed E-state index contributed by atoms with van der Waals surface area (Å²) in [7, 11) is -2.98. The molecule has 2 N–H and O–H groups in total. The van der Waals surface area contributed by atoms with Gasteiger partial charge in [-0.05, 0) is 26.2 Å². The van der Waals surface area contributed by atoms with Gasteiger partial charge in [-0.1, -0.05) is 6.42 Å². The fourth-order valence-electron chi connectivity index (χ4n) is 2.62. The Morgan fingerprint density at radius 3 is 2.77 bits per heavy atom. The Kier molecular flexibility index (Phi) is 11.3. The van der Waals surface area contributed by atoms with Crippen molar-refractivity contribution in [3.8, 4) is 0 Å². The zero-order valence-electron chi connectivity index (χ0n) is 16.1. The van der Waals surface area contributed by atoms with Gasteiger partial charge < -0.3 is 20.3 Å². The number of likely N-dealkylation sites (tertiary alicyclic amines) is 1. The van der Waals surface area contributed by atoms with Crippen LogP contribution in [-0.2, 0) is 19.4 Å². The molecule has 26 heavy (non-hydrogen) atoms. The molecule has 1 saturated heterocycles. The predicted octanol–water partition coefficient (Wildman–Crippen LogP) is 0.395. The van der Waals surface area contributed by atoms with E-state index in [4.69, 9.17) is 4.74 Å². The average Bonchev–Trinajstić information content (AvgIpc) is 2.78. The second-order valence-corrected chi connectivity index (χ2v) is 8.73. The molecule has 0 aromatic carbocycles. The molecule has 0 aromatic rings. The third-order valence-electron chi connectivity index (χ3n) is 4.01.